The molecule has 258 valence electrons. The maximum atomic E-state index is 14.4. The number of nitrogens with one attached hydrogen (secondary N) is 1. The molecule has 1 aliphatic carbocycles. The molecule has 0 bridgehead atoms. The molecular weight excluding hydrogens is 622 g/mol. The Hall–Kier alpha value is -3.48. The SMILES string of the molecule is COC(=O)[C@@H]1C[C@@H](N(CCCOCc2ccccc2)S(=O)(=O)c2ccccc2)CN1C(=O)[C@@H](NC(=O)OC(C)(C)C)C1CCCCC1. The highest BCUT2D eigenvalue weighted by atomic mass is 32.2. The van der Waals surface area contributed by atoms with Crippen LogP contribution in [0.3, 0.4) is 0 Å². The summed E-state index contributed by atoms with van der Waals surface area (Å²) in [6.45, 7) is 6.04. The Balaban J connectivity index is 1.58. The van der Waals surface area contributed by atoms with Crippen LogP contribution in [0.4, 0.5) is 4.79 Å². The van der Waals surface area contributed by atoms with E-state index in [0.29, 0.717) is 19.6 Å². The van der Waals surface area contributed by atoms with Gasteiger partial charge in [0.15, 0.2) is 0 Å². The molecule has 1 saturated heterocycles. The predicted molar refractivity (Wildman–Crippen MR) is 177 cm³/mol. The molecule has 12 heteroatoms. The van der Waals surface area contributed by atoms with Crippen molar-refractivity contribution in [2.24, 2.45) is 5.92 Å². The molecule has 1 heterocycles. The molecule has 2 fully saturated rings. The van der Waals surface area contributed by atoms with Gasteiger partial charge in [-0.2, -0.15) is 4.31 Å². The van der Waals surface area contributed by atoms with Gasteiger partial charge in [0.1, 0.15) is 17.7 Å². The summed E-state index contributed by atoms with van der Waals surface area (Å²) in [6.07, 6.45) is 4.10. The first kappa shape index (κ1) is 36.4. The van der Waals surface area contributed by atoms with E-state index < -0.39 is 51.7 Å². The Kier molecular flexibility index (Phi) is 12.8. The Bertz CT molecular complexity index is 1430. The van der Waals surface area contributed by atoms with Crippen LogP contribution in [0.1, 0.15) is 71.3 Å². The van der Waals surface area contributed by atoms with Gasteiger partial charge in [-0.15, -0.1) is 0 Å². The Labute approximate surface area is 279 Å². The van der Waals surface area contributed by atoms with Crippen LogP contribution in [0.5, 0.6) is 0 Å². The lowest BCUT2D eigenvalue weighted by atomic mass is 9.83. The normalized spacial score (nSPS) is 19.7. The average molecular weight is 672 g/mol. The number of esters is 1. The maximum absolute atomic E-state index is 14.4. The fourth-order valence-electron chi connectivity index (χ4n) is 6.40. The first-order valence-electron chi connectivity index (χ1n) is 16.5. The van der Waals surface area contributed by atoms with Crippen LogP contribution >= 0.6 is 0 Å². The zero-order valence-electron chi connectivity index (χ0n) is 27.9. The number of carbonyl (C=O) groups excluding carboxylic acids is 3. The summed E-state index contributed by atoms with van der Waals surface area (Å²) in [7, 11) is -2.76. The van der Waals surface area contributed by atoms with Gasteiger partial charge in [0.25, 0.3) is 0 Å². The van der Waals surface area contributed by atoms with Gasteiger partial charge in [-0.1, -0.05) is 67.8 Å². The Morgan fingerprint density at radius 3 is 2.23 bits per heavy atom. The fourth-order valence-corrected chi connectivity index (χ4v) is 8.09. The first-order chi connectivity index (χ1) is 22.4. The van der Waals surface area contributed by atoms with Crippen molar-refractivity contribution in [1.82, 2.24) is 14.5 Å². The van der Waals surface area contributed by atoms with E-state index in [9.17, 15) is 22.8 Å². The molecule has 2 aliphatic rings. The first-order valence-corrected chi connectivity index (χ1v) is 17.9. The highest BCUT2D eigenvalue weighted by Gasteiger charge is 2.48. The van der Waals surface area contributed by atoms with Crippen LogP contribution in [0.25, 0.3) is 0 Å². The second kappa shape index (κ2) is 16.6. The van der Waals surface area contributed by atoms with Gasteiger partial charge in [-0.3, -0.25) is 4.79 Å². The Morgan fingerprint density at radius 2 is 1.62 bits per heavy atom. The summed E-state index contributed by atoms with van der Waals surface area (Å²) < 4.78 is 46.0. The van der Waals surface area contributed by atoms with Gasteiger partial charge in [0.2, 0.25) is 15.9 Å². The molecular formula is C35H49N3O8S. The summed E-state index contributed by atoms with van der Waals surface area (Å²) in [5, 5.41) is 2.81. The van der Waals surface area contributed by atoms with Crippen molar-refractivity contribution in [2.75, 3.05) is 26.8 Å². The minimum atomic E-state index is -4.01. The van der Waals surface area contributed by atoms with Crippen LogP contribution in [0.15, 0.2) is 65.6 Å². The zero-order chi connectivity index (χ0) is 34.0. The van der Waals surface area contributed by atoms with Gasteiger partial charge in [-0.25, -0.2) is 18.0 Å². The van der Waals surface area contributed by atoms with E-state index in [1.807, 2.05) is 30.3 Å². The standard InChI is InChI=1S/C35H49N3O8S/c1-35(2,3)46-34(41)36-31(27-17-10-6-11-18-27)32(39)37-24-28(23-30(37)33(40)44-4)38(47(42,43)29-19-12-7-13-20-29)21-14-22-45-25-26-15-8-5-9-16-26/h5,7-9,12-13,15-16,19-20,27-28,30-31H,6,10-11,14,17-18,21-25H2,1-4H3,(H,36,41)/t28-,30+,31+/m1/s1. The summed E-state index contributed by atoms with van der Waals surface area (Å²) in [6, 6.07) is 15.2. The number of hydrogen-bond donors (Lipinski definition) is 1. The maximum Gasteiger partial charge on any atom is 0.408 e. The van der Waals surface area contributed by atoms with Gasteiger partial charge >= 0.3 is 12.1 Å². The lowest BCUT2D eigenvalue weighted by molar-refractivity contribution is -0.152. The van der Waals surface area contributed by atoms with Crippen molar-refractivity contribution in [1.29, 1.82) is 0 Å². The number of sulfonamides is 1. The summed E-state index contributed by atoms with van der Waals surface area (Å²) >= 11 is 0. The average Bonchev–Trinajstić information content (AvgIpc) is 3.50. The van der Waals surface area contributed by atoms with Crippen molar-refractivity contribution in [3.63, 3.8) is 0 Å². The topological polar surface area (TPSA) is 132 Å². The van der Waals surface area contributed by atoms with Gasteiger partial charge in [0, 0.05) is 25.7 Å². The van der Waals surface area contributed by atoms with Crippen LogP contribution in [0.2, 0.25) is 0 Å². The minimum Gasteiger partial charge on any atom is -0.467 e. The zero-order valence-corrected chi connectivity index (χ0v) is 28.7. The second-order valence-corrected chi connectivity index (χ2v) is 15.2. The molecule has 2 aromatic carbocycles. The number of ether oxygens (including phenoxy) is 3. The molecule has 1 saturated carbocycles. The van der Waals surface area contributed by atoms with Crippen LogP contribution in [0, 0.1) is 5.92 Å². The Morgan fingerprint density at radius 1 is 0.979 bits per heavy atom. The van der Waals surface area contributed by atoms with Gasteiger partial charge in [-0.05, 0) is 70.1 Å². The number of benzene rings is 2. The molecule has 0 spiro atoms. The number of hydrogen-bond acceptors (Lipinski definition) is 8. The molecule has 2 amide bonds. The predicted octanol–water partition coefficient (Wildman–Crippen LogP) is 4.90. The molecule has 0 unspecified atom stereocenters. The summed E-state index contributed by atoms with van der Waals surface area (Å²) in [5.74, 6) is -1.22. The van der Waals surface area contributed by atoms with E-state index in [-0.39, 0.29) is 30.3 Å². The van der Waals surface area contributed by atoms with Crippen LogP contribution in [-0.4, -0.2) is 86.1 Å². The number of alkyl carbamates (subject to hydrolysis) is 1. The van der Waals surface area contributed by atoms with Gasteiger partial charge < -0.3 is 24.4 Å². The highest BCUT2D eigenvalue weighted by molar-refractivity contribution is 7.89. The van der Waals surface area contributed by atoms with E-state index in [2.05, 4.69) is 5.32 Å². The third kappa shape index (κ3) is 10.0. The number of likely N-dealkylation sites (tertiary alicyclic amines) is 1. The molecule has 1 aliphatic heterocycles. The van der Waals surface area contributed by atoms with E-state index in [1.165, 1.54) is 28.4 Å². The second-order valence-electron chi connectivity index (χ2n) is 13.3. The van der Waals surface area contributed by atoms with E-state index in [0.717, 1.165) is 37.7 Å². The lowest BCUT2D eigenvalue weighted by Crippen LogP contribution is -2.56. The molecule has 2 aromatic rings. The summed E-state index contributed by atoms with van der Waals surface area (Å²) in [4.78, 5) is 41.9. The molecule has 3 atom stereocenters. The molecule has 47 heavy (non-hydrogen) atoms. The highest BCUT2D eigenvalue weighted by Crippen LogP contribution is 2.32. The van der Waals surface area contributed by atoms with Crippen molar-refractivity contribution in [2.45, 2.75) is 101 Å². The molecule has 11 nitrogen and oxygen atoms in total. The monoisotopic (exact) mass is 671 g/mol. The smallest absolute Gasteiger partial charge is 0.408 e. The lowest BCUT2D eigenvalue weighted by Gasteiger charge is -2.35. The number of nitrogens with zero attached hydrogens (tertiary/aromatic N) is 2. The van der Waals surface area contributed by atoms with Crippen LogP contribution < -0.4 is 5.32 Å². The number of amides is 2. The van der Waals surface area contributed by atoms with E-state index in [4.69, 9.17) is 14.2 Å². The van der Waals surface area contributed by atoms with Crippen molar-refractivity contribution in [3.8, 4) is 0 Å². The van der Waals surface area contributed by atoms with Gasteiger partial charge in [0.05, 0.1) is 18.6 Å². The quantitative estimate of drug-likeness (QED) is 0.235. The van der Waals surface area contributed by atoms with Crippen molar-refractivity contribution in [3.05, 3.63) is 66.2 Å². The van der Waals surface area contributed by atoms with E-state index in [1.54, 1.807) is 39.0 Å². The summed E-state index contributed by atoms with van der Waals surface area (Å²) in [5.41, 5.74) is 0.244. The fraction of sp³-hybridized carbons (Fsp3) is 0.571. The largest absolute Gasteiger partial charge is 0.467 e. The van der Waals surface area contributed by atoms with E-state index >= 15 is 0 Å². The third-order valence-electron chi connectivity index (χ3n) is 8.63. The molecule has 0 radical (unpaired) electrons. The molecule has 4 rings (SSSR count). The van der Waals surface area contributed by atoms with Crippen molar-refractivity contribution >= 4 is 28.0 Å². The van der Waals surface area contributed by atoms with Crippen LogP contribution in [-0.2, 0) is 40.4 Å². The third-order valence-corrected chi connectivity index (χ3v) is 10.6. The molecule has 1 N–H and O–H groups in total. The molecule has 0 aromatic heterocycles. The number of carbonyl (C=O) groups is 3. The van der Waals surface area contributed by atoms with Crippen molar-refractivity contribution < 1.29 is 37.0 Å². The number of rotatable bonds is 13. The number of methoxy groups -OCH3 is 1. The minimum absolute atomic E-state index is 0.0330.